The lowest BCUT2D eigenvalue weighted by molar-refractivity contribution is -0.143. The van der Waals surface area contributed by atoms with Crippen LogP contribution in [0.1, 0.15) is 32.1 Å². The monoisotopic (exact) mass is 236 g/mol. The molecule has 1 saturated heterocycles. The summed E-state index contributed by atoms with van der Waals surface area (Å²) in [5.41, 5.74) is 0. The SMILES string of the molecule is C=CCN1C(=O)CC(=O)N(C2CCCC2)C1=O. The number of carbonyl (C=O) groups is 3. The number of nitrogens with zero attached hydrogens (tertiary/aromatic N) is 2. The lowest BCUT2D eigenvalue weighted by atomic mass is 10.1. The van der Waals surface area contributed by atoms with Crippen molar-refractivity contribution in [2.45, 2.75) is 38.1 Å². The molecule has 0 unspecified atom stereocenters. The van der Waals surface area contributed by atoms with Crippen molar-refractivity contribution in [2.24, 2.45) is 0 Å². The predicted molar refractivity (Wildman–Crippen MR) is 61.0 cm³/mol. The number of carbonyl (C=O) groups excluding carboxylic acids is 3. The molecule has 17 heavy (non-hydrogen) atoms. The molecule has 2 aliphatic rings. The first kappa shape index (κ1) is 11.8. The summed E-state index contributed by atoms with van der Waals surface area (Å²) in [6.45, 7) is 3.69. The van der Waals surface area contributed by atoms with Crippen LogP contribution < -0.4 is 0 Å². The van der Waals surface area contributed by atoms with Crippen LogP contribution in [0, 0.1) is 0 Å². The van der Waals surface area contributed by atoms with Crippen LogP contribution in [0.3, 0.4) is 0 Å². The summed E-state index contributed by atoms with van der Waals surface area (Å²) in [6, 6.07) is -0.492. The molecule has 0 aromatic heterocycles. The topological polar surface area (TPSA) is 57.7 Å². The van der Waals surface area contributed by atoms with Crippen molar-refractivity contribution in [3.63, 3.8) is 0 Å². The number of barbiturate groups is 1. The van der Waals surface area contributed by atoms with Gasteiger partial charge in [0.25, 0.3) is 0 Å². The maximum Gasteiger partial charge on any atom is 0.333 e. The average Bonchev–Trinajstić information content (AvgIpc) is 2.77. The minimum Gasteiger partial charge on any atom is -0.274 e. The molecular weight excluding hydrogens is 220 g/mol. The zero-order valence-corrected chi connectivity index (χ0v) is 9.72. The van der Waals surface area contributed by atoms with Gasteiger partial charge in [-0.1, -0.05) is 18.9 Å². The van der Waals surface area contributed by atoms with Gasteiger partial charge in [0.1, 0.15) is 6.42 Å². The number of amides is 4. The fourth-order valence-corrected chi connectivity index (χ4v) is 2.48. The van der Waals surface area contributed by atoms with Crippen LogP contribution in [0.15, 0.2) is 12.7 Å². The molecule has 0 aromatic rings. The van der Waals surface area contributed by atoms with Gasteiger partial charge in [-0.15, -0.1) is 6.58 Å². The molecule has 1 aliphatic carbocycles. The van der Waals surface area contributed by atoms with Gasteiger partial charge in [0.15, 0.2) is 0 Å². The van der Waals surface area contributed by atoms with E-state index in [2.05, 4.69) is 6.58 Å². The molecule has 0 N–H and O–H groups in total. The first-order chi connectivity index (χ1) is 8.15. The Hall–Kier alpha value is -1.65. The quantitative estimate of drug-likeness (QED) is 0.548. The smallest absolute Gasteiger partial charge is 0.274 e. The standard InChI is InChI=1S/C12H16N2O3/c1-2-7-13-10(15)8-11(16)14(12(13)17)9-5-3-4-6-9/h2,9H,1,3-8H2. The summed E-state index contributed by atoms with van der Waals surface area (Å²) in [5.74, 6) is -0.777. The normalized spacial score (nSPS) is 22.5. The lowest BCUT2D eigenvalue weighted by Crippen LogP contribution is -2.57. The molecule has 0 spiro atoms. The third-order valence-electron chi connectivity index (χ3n) is 3.31. The molecule has 5 heteroatoms. The highest BCUT2D eigenvalue weighted by Crippen LogP contribution is 2.27. The van der Waals surface area contributed by atoms with E-state index in [0.29, 0.717) is 0 Å². The van der Waals surface area contributed by atoms with Gasteiger partial charge in [-0.25, -0.2) is 4.79 Å². The van der Waals surface area contributed by atoms with E-state index in [-0.39, 0.29) is 24.9 Å². The summed E-state index contributed by atoms with van der Waals surface area (Å²) >= 11 is 0. The molecule has 0 atom stereocenters. The highest BCUT2D eigenvalue weighted by atomic mass is 16.2. The highest BCUT2D eigenvalue weighted by molar-refractivity contribution is 6.14. The molecule has 92 valence electrons. The predicted octanol–water partition coefficient (Wildman–Crippen LogP) is 1.30. The molecule has 0 aromatic carbocycles. The first-order valence-electron chi connectivity index (χ1n) is 5.92. The molecule has 0 bridgehead atoms. The minimum atomic E-state index is -0.474. The van der Waals surface area contributed by atoms with Gasteiger partial charge in [-0.2, -0.15) is 0 Å². The van der Waals surface area contributed by atoms with Gasteiger partial charge < -0.3 is 0 Å². The zero-order valence-electron chi connectivity index (χ0n) is 9.72. The van der Waals surface area contributed by atoms with Crippen LogP contribution >= 0.6 is 0 Å². The van der Waals surface area contributed by atoms with Crippen LogP contribution in [-0.4, -0.2) is 40.2 Å². The second-order valence-corrected chi connectivity index (χ2v) is 4.45. The molecular formula is C12H16N2O3. The van der Waals surface area contributed by atoms with E-state index in [1.54, 1.807) is 0 Å². The van der Waals surface area contributed by atoms with Gasteiger partial charge in [0.05, 0.1) is 0 Å². The average molecular weight is 236 g/mol. The number of urea groups is 1. The molecule has 4 amide bonds. The summed E-state index contributed by atoms with van der Waals surface area (Å²) < 4.78 is 0. The van der Waals surface area contributed by atoms with E-state index in [1.165, 1.54) is 11.0 Å². The van der Waals surface area contributed by atoms with Gasteiger partial charge in [-0.05, 0) is 12.8 Å². The molecule has 1 saturated carbocycles. The van der Waals surface area contributed by atoms with Gasteiger partial charge in [-0.3, -0.25) is 19.4 Å². The van der Waals surface area contributed by atoms with Crippen molar-refractivity contribution in [1.82, 2.24) is 9.80 Å². The van der Waals surface area contributed by atoms with Crippen LogP contribution in [0.4, 0.5) is 4.79 Å². The summed E-state index contributed by atoms with van der Waals surface area (Å²) in [6.07, 6.45) is 5.09. The van der Waals surface area contributed by atoms with Crippen molar-refractivity contribution in [1.29, 1.82) is 0 Å². The zero-order chi connectivity index (χ0) is 12.4. The molecule has 1 aliphatic heterocycles. The minimum absolute atomic E-state index is 0.0181. The van der Waals surface area contributed by atoms with Gasteiger partial charge >= 0.3 is 6.03 Å². The molecule has 2 fully saturated rings. The molecule has 2 rings (SSSR count). The number of rotatable bonds is 3. The Kier molecular flexibility index (Phi) is 3.26. The van der Waals surface area contributed by atoms with Crippen LogP contribution in [0.25, 0.3) is 0 Å². The van der Waals surface area contributed by atoms with Gasteiger partial charge in [0, 0.05) is 12.6 Å². The van der Waals surface area contributed by atoms with Crippen LogP contribution in [0.2, 0.25) is 0 Å². The molecule has 0 radical (unpaired) electrons. The summed E-state index contributed by atoms with van der Waals surface area (Å²) in [4.78, 5) is 37.8. The highest BCUT2D eigenvalue weighted by Gasteiger charge is 2.41. The van der Waals surface area contributed by atoms with Crippen molar-refractivity contribution >= 4 is 17.8 Å². The Morgan fingerprint density at radius 2 is 1.82 bits per heavy atom. The maximum absolute atomic E-state index is 12.1. The lowest BCUT2D eigenvalue weighted by Gasteiger charge is -2.35. The fraction of sp³-hybridized carbons (Fsp3) is 0.583. The molecule has 5 nitrogen and oxygen atoms in total. The third kappa shape index (κ3) is 2.09. The van der Waals surface area contributed by atoms with Crippen molar-refractivity contribution in [3.8, 4) is 0 Å². The maximum atomic E-state index is 12.1. The third-order valence-corrected chi connectivity index (χ3v) is 3.31. The first-order valence-corrected chi connectivity index (χ1v) is 5.92. The fourth-order valence-electron chi connectivity index (χ4n) is 2.48. The Bertz CT molecular complexity index is 372. The van der Waals surface area contributed by atoms with Crippen LogP contribution in [-0.2, 0) is 9.59 Å². The second-order valence-electron chi connectivity index (χ2n) is 4.45. The van der Waals surface area contributed by atoms with E-state index >= 15 is 0 Å². The number of hydrogen-bond donors (Lipinski definition) is 0. The van der Waals surface area contributed by atoms with Crippen molar-refractivity contribution in [3.05, 3.63) is 12.7 Å². The van der Waals surface area contributed by atoms with E-state index in [4.69, 9.17) is 0 Å². The Morgan fingerprint density at radius 3 is 2.41 bits per heavy atom. The van der Waals surface area contributed by atoms with E-state index in [1.807, 2.05) is 0 Å². The van der Waals surface area contributed by atoms with Crippen LogP contribution in [0.5, 0.6) is 0 Å². The summed E-state index contributed by atoms with van der Waals surface area (Å²) in [5, 5.41) is 0. The Balaban J connectivity index is 2.19. The Morgan fingerprint density at radius 1 is 1.18 bits per heavy atom. The van der Waals surface area contributed by atoms with E-state index in [9.17, 15) is 14.4 Å². The summed E-state index contributed by atoms with van der Waals surface area (Å²) in [7, 11) is 0. The van der Waals surface area contributed by atoms with Gasteiger partial charge in [0.2, 0.25) is 11.8 Å². The van der Waals surface area contributed by atoms with Crippen molar-refractivity contribution in [2.75, 3.05) is 6.54 Å². The number of hydrogen-bond acceptors (Lipinski definition) is 3. The van der Waals surface area contributed by atoms with Crippen molar-refractivity contribution < 1.29 is 14.4 Å². The van der Waals surface area contributed by atoms with E-state index < -0.39 is 11.9 Å². The molecule has 1 heterocycles. The van der Waals surface area contributed by atoms with E-state index in [0.717, 1.165) is 30.6 Å². The second kappa shape index (κ2) is 4.69. The largest absolute Gasteiger partial charge is 0.333 e. The number of imide groups is 2. The Labute approximate surface area is 100 Å².